The van der Waals surface area contributed by atoms with Gasteiger partial charge in [-0.3, -0.25) is 4.55 Å². The van der Waals surface area contributed by atoms with Gasteiger partial charge in [-0.05, 0) is 23.8 Å². The molecule has 0 amide bonds. The summed E-state index contributed by atoms with van der Waals surface area (Å²) >= 11 is 0. The van der Waals surface area contributed by atoms with E-state index in [0.29, 0.717) is 6.61 Å². The predicted molar refractivity (Wildman–Crippen MR) is 66.1 cm³/mol. The Morgan fingerprint density at radius 2 is 1.72 bits per heavy atom. The van der Waals surface area contributed by atoms with Gasteiger partial charge in [0, 0.05) is 27.8 Å². The van der Waals surface area contributed by atoms with Crippen LogP contribution in [0.5, 0.6) is 5.75 Å². The maximum atomic E-state index is 11.0. The second kappa shape index (κ2) is 5.62. The van der Waals surface area contributed by atoms with Crippen LogP contribution in [0, 0.1) is 0 Å². The lowest BCUT2D eigenvalue weighted by atomic mass is 10.2. The lowest BCUT2D eigenvalue weighted by molar-refractivity contribution is 0.356. The Morgan fingerprint density at radius 3 is 2.22 bits per heavy atom. The standard InChI is InChI=1S/C8H7ClO3S.ClHO3S/c9-13(10,11)7-1-2-8-6(5-7)3-4-12-8;1-5(2,3)4/h1-2,5H,3-4H2;(H,2,3,4). The van der Waals surface area contributed by atoms with Crippen molar-refractivity contribution in [1.29, 1.82) is 0 Å². The van der Waals surface area contributed by atoms with Crippen molar-refractivity contribution in [2.75, 3.05) is 6.61 Å². The fraction of sp³-hybridized carbons (Fsp3) is 0.250. The highest BCUT2D eigenvalue weighted by Gasteiger charge is 2.16. The van der Waals surface area contributed by atoms with Crippen LogP contribution < -0.4 is 4.74 Å². The van der Waals surface area contributed by atoms with E-state index < -0.39 is 18.4 Å². The van der Waals surface area contributed by atoms with Crippen LogP contribution in [0.15, 0.2) is 23.1 Å². The molecule has 0 radical (unpaired) electrons. The van der Waals surface area contributed by atoms with Crippen LogP contribution in [0.1, 0.15) is 5.56 Å². The van der Waals surface area contributed by atoms with Gasteiger partial charge in [-0.1, -0.05) is 0 Å². The van der Waals surface area contributed by atoms with Gasteiger partial charge in [-0.25, -0.2) is 8.42 Å². The molecule has 1 aliphatic heterocycles. The minimum Gasteiger partial charge on any atom is -0.493 e. The molecule has 0 spiro atoms. The van der Waals surface area contributed by atoms with Crippen LogP contribution in [0.4, 0.5) is 0 Å². The molecule has 0 bridgehead atoms. The Morgan fingerprint density at radius 1 is 1.17 bits per heavy atom. The van der Waals surface area contributed by atoms with Crippen molar-refractivity contribution in [2.24, 2.45) is 0 Å². The van der Waals surface area contributed by atoms with E-state index >= 15 is 0 Å². The number of hydrogen-bond donors (Lipinski definition) is 1. The highest BCUT2D eigenvalue weighted by molar-refractivity contribution is 8.13. The lowest BCUT2D eigenvalue weighted by Gasteiger charge is -1.99. The maximum Gasteiger partial charge on any atom is 0.353 e. The van der Waals surface area contributed by atoms with Gasteiger partial charge in [0.1, 0.15) is 5.75 Å². The summed E-state index contributed by atoms with van der Waals surface area (Å²) in [6, 6.07) is 4.65. The van der Waals surface area contributed by atoms with Gasteiger partial charge in [0.05, 0.1) is 11.5 Å². The summed E-state index contributed by atoms with van der Waals surface area (Å²) in [5.74, 6) is 0.754. The minimum absolute atomic E-state index is 0.137. The molecule has 1 aromatic carbocycles. The normalized spacial score (nSPS) is 14.2. The zero-order chi connectivity index (χ0) is 14.0. The molecule has 1 aliphatic rings. The number of halogens is 2. The van der Waals surface area contributed by atoms with Crippen LogP contribution in [0.25, 0.3) is 0 Å². The first-order chi connectivity index (χ1) is 8.07. The zero-order valence-corrected chi connectivity index (χ0v) is 11.9. The molecule has 102 valence electrons. The van der Waals surface area contributed by atoms with E-state index in [9.17, 15) is 8.42 Å². The van der Waals surface area contributed by atoms with E-state index in [4.69, 9.17) is 28.4 Å². The molecular formula is C8H8Cl2O6S2. The first-order valence-corrected chi connectivity index (χ1v) is 9.02. The molecule has 0 aromatic heterocycles. The molecule has 1 aromatic rings. The highest BCUT2D eigenvalue weighted by Crippen LogP contribution is 2.28. The molecule has 0 unspecified atom stereocenters. The Bertz CT molecular complexity index is 630. The molecule has 1 heterocycles. The number of fused-ring (bicyclic) bond motifs is 1. The Kier molecular flexibility index (Phi) is 4.84. The first kappa shape index (κ1) is 15.5. The van der Waals surface area contributed by atoms with Crippen molar-refractivity contribution in [3.05, 3.63) is 23.8 Å². The van der Waals surface area contributed by atoms with Crippen molar-refractivity contribution < 1.29 is 26.1 Å². The van der Waals surface area contributed by atoms with Crippen LogP contribution in [0.3, 0.4) is 0 Å². The van der Waals surface area contributed by atoms with Crippen LogP contribution >= 0.6 is 21.4 Å². The molecule has 10 heteroatoms. The van der Waals surface area contributed by atoms with E-state index in [1.54, 1.807) is 12.1 Å². The van der Waals surface area contributed by atoms with Gasteiger partial charge in [0.15, 0.2) is 0 Å². The molecule has 0 fully saturated rings. The maximum absolute atomic E-state index is 11.0. The topological polar surface area (TPSA) is 97.7 Å². The SMILES string of the molecule is O=S(=O)(Cl)c1ccc2c(c1)CCO2.O=S(=O)(O)Cl. The van der Waals surface area contributed by atoms with Gasteiger partial charge >= 0.3 is 9.33 Å². The average molecular weight is 335 g/mol. The van der Waals surface area contributed by atoms with Crippen molar-refractivity contribution in [3.8, 4) is 5.75 Å². The van der Waals surface area contributed by atoms with E-state index in [2.05, 4.69) is 10.7 Å². The number of ether oxygens (including phenoxy) is 1. The smallest absolute Gasteiger partial charge is 0.353 e. The third kappa shape index (κ3) is 5.40. The summed E-state index contributed by atoms with van der Waals surface area (Å²) in [5, 5.41) is 0. The minimum atomic E-state index is -4.19. The van der Waals surface area contributed by atoms with Crippen molar-refractivity contribution in [2.45, 2.75) is 11.3 Å². The highest BCUT2D eigenvalue weighted by atomic mass is 35.7. The molecule has 0 atom stereocenters. The van der Waals surface area contributed by atoms with E-state index in [0.717, 1.165) is 17.7 Å². The second-order valence-electron chi connectivity index (χ2n) is 3.22. The Labute approximate surface area is 113 Å². The average Bonchev–Trinajstić information content (AvgIpc) is 2.59. The van der Waals surface area contributed by atoms with Gasteiger partial charge in [-0.15, -0.1) is 0 Å². The summed E-state index contributed by atoms with van der Waals surface area (Å²) < 4.78 is 52.3. The van der Waals surface area contributed by atoms with E-state index in [-0.39, 0.29) is 4.90 Å². The number of benzene rings is 1. The third-order valence-corrected chi connectivity index (χ3v) is 3.29. The molecule has 18 heavy (non-hydrogen) atoms. The molecule has 0 saturated heterocycles. The summed E-state index contributed by atoms with van der Waals surface area (Å²) in [5.41, 5.74) is 0.904. The fourth-order valence-electron chi connectivity index (χ4n) is 1.31. The quantitative estimate of drug-likeness (QED) is 0.618. The summed E-state index contributed by atoms with van der Waals surface area (Å²) in [6.45, 7) is 0.612. The molecule has 1 N–H and O–H groups in total. The van der Waals surface area contributed by atoms with Crippen LogP contribution in [0.2, 0.25) is 0 Å². The van der Waals surface area contributed by atoms with E-state index in [1.807, 2.05) is 0 Å². The van der Waals surface area contributed by atoms with Crippen molar-refractivity contribution >= 4 is 39.7 Å². The molecule has 2 rings (SSSR count). The number of rotatable bonds is 1. The molecule has 0 saturated carbocycles. The monoisotopic (exact) mass is 334 g/mol. The lowest BCUT2D eigenvalue weighted by Crippen LogP contribution is -1.91. The summed E-state index contributed by atoms with van der Waals surface area (Å²) in [4.78, 5) is 0.137. The zero-order valence-electron chi connectivity index (χ0n) is 8.71. The summed E-state index contributed by atoms with van der Waals surface area (Å²) in [6.07, 6.45) is 0.746. The van der Waals surface area contributed by atoms with Crippen molar-refractivity contribution in [1.82, 2.24) is 0 Å². The van der Waals surface area contributed by atoms with Gasteiger partial charge in [0.25, 0.3) is 9.05 Å². The Hall–Kier alpha value is -0.540. The van der Waals surface area contributed by atoms with Gasteiger partial charge in [0.2, 0.25) is 0 Å². The second-order valence-corrected chi connectivity index (χ2v) is 7.78. The first-order valence-electron chi connectivity index (χ1n) is 4.45. The van der Waals surface area contributed by atoms with Gasteiger partial charge < -0.3 is 4.74 Å². The summed E-state index contributed by atoms with van der Waals surface area (Å²) in [7, 11) is 1.45. The number of hydrogen-bond acceptors (Lipinski definition) is 5. The van der Waals surface area contributed by atoms with Crippen LogP contribution in [-0.4, -0.2) is 28.0 Å². The fourth-order valence-corrected chi connectivity index (χ4v) is 2.12. The third-order valence-electron chi connectivity index (χ3n) is 1.94. The predicted octanol–water partition coefficient (Wildman–Crippen LogP) is 1.58. The van der Waals surface area contributed by atoms with Gasteiger partial charge in [-0.2, -0.15) is 8.42 Å². The molecular weight excluding hydrogens is 327 g/mol. The Balaban J connectivity index is 0.000000280. The van der Waals surface area contributed by atoms with Crippen LogP contribution in [-0.2, 0) is 24.8 Å². The van der Waals surface area contributed by atoms with E-state index in [1.165, 1.54) is 6.07 Å². The largest absolute Gasteiger partial charge is 0.493 e. The van der Waals surface area contributed by atoms with Crippen molar-refractivity contribution in [3.63, 3.8) is 0 Å². The molecule has 6 nitrogen and oxygen atoms in total. The molecule has 0 aliphatic carbocycles.